The molecule has 26 heavy (non-hydrogen) atoms. The number of nitro benzene ring substituents is 1. The molecule has 1 aromatic rings. The van der Waals surface area contributed by atoms with E-state index in [1.54, 1.807) is 0 Å². The summed E-state index contributed by atoms with van der Waals surface area (Å²) in [6, 6.07) is 2.76. The fourth-order valence-electron chi connectivity index (χ4n) is 2.77. The molecule has 0 aliphatic carbocycles. The van der Waals surface area contributed by atoms with Crippen molar-refractivity contribution in [1.29, 1.82) is 0 Å². The number of carbonyl (C=O) groups excluding carboxylic acids is 1. The van der Waals surface area contributed by atoms with Crippen molar-refractivity contribution in [2.75, 3.05) is 46.6 Å². The topological polar surface area (TPSA) is 110 Å². The highest BCUT2D eigenvalue weighted by Gasteiger charge is 2.22. The van der Waals surface area contributed by atoms with Crippen LogP contribution in [0.25, 0.3) is 0 Å². The molecule has 0 radical (unpaired) electrons. The number of piperazine rings is 1. The zero-order valence-corrected chi connectivity index (χ0v) is 14.5. The molecule has 1 N–H and O–H groups in total. The number of nitro groups is 1. The standard InChI is InChI=1S/C16H21N5O5/c1-19-4-6-20(7-5-19)3-2-16(22)18-17-10-12-8-14-15(26-11-25-14)9-13(12)21(23)24/h8-10H,2-7,11H2,1H3,(H,18,22)/b17-10-. The van der Waals surface area contributed by atoms with Crippen LogP contribution in [0.15, 0.2) is 17.2 Å². The lowest BCUT2D eigenvalue weighted by atomic mass is 10.1. The van der Waals surface area contributed by atoms with Gasteiger partial charge in [0, 0.05) is 39.1 Å². The summed E-state index contributed by atoms with van der Waals surface area (Å²) < 4.78 is 10.3. The molecule has 3 rings (SSSR count). The number of hydrazone groups is 1. The Hall–Kier alpha value is -2.72. The van der Waals surface area contributed by atoms with Crippen molar-refractivity contribution in [3.63, 3.8) is 0 Å². The van der Waals surface area contributed by atoms with Crippen LogP contribution in [0.2, 0.25) is 0 Å². The van der Waals surface area contributed by atoms with Crippen molar-refractivity contribution in [2.24, 2.45) is 5.10 Å². The predicted octanol–water partition coefficient (Wildman–Crippen LogP) is 0.411. The van der Waals surface area contributed by atoms with E-state index in [1.807, 2.05) is 0 Å². The molecular formula is C16H21N5O5. The quantitative estimate of drug-likeness (QED) is 0.443. The average Bonchev–Trinajstić information content (AvgIpc) is 3.08. The lowest BCUT2D eigenvalue weighted by molar-refractivity contribution is -0.385. The number of amides is 1. The molecule has 0 aromatic heterocycles. The third-order valence-electron chi connectivity index (χ3n) is 4.36. The summed E-state index contributed by atoms with van der Waals surface area (Å²) in [5.41, 5.74) is 2.48. The van der Waals surface area contributed by atoms with Crippen LogP contribution in [0.1, 0.15) is 12.0 Å². The second-order valence-corrected chi connectivity index (χ2v) is 6.21. The first-order valence-corrected chi connectivity index (χ1v) is 8.34. The van der Waals surface area contributed by atoms with E-state index in [0.717, 1.165) is 26.2 Å². The normalized spacial score (nSPS) is 17.6. The number of fused-ring (bicyclic) bond motifs is 1. The maximum atomic E-state index is 11.9. The van der Waals surface area contributed by atoms with E-state index in [0.29, 0.717) is 24.5 Å². The molecule has 0 unspecified atom stereocenters. The zero-order chi connectivity index (χ0) is 18.5. The first-order valence-electron chi connectivity index (χ1n) is 8.34. The van der Waals surface area contributed by atoms with Crippen molar-refractivity contribution in [3.05, 3.63) is 27.8 Å². The van der Waals surface area contributed by atoms with E-state index in [2.05, 4.69) is 27.4 Å². The van der Waals surface area contributed by atoms with Crippen LogP contribution >= 0.6 is 0 Å². The maximum absolute atomic E-state index is 11.9. The zero-order valence-electron chi connectivity index (χ0n) is 14.5. The van der Waals surface area contributed by atoms with Gasteiger partial charge in [-0.15, -0.1) is 0 Å². The van der Waals surface area contributed by atoms with Crippen molar-refractivity contribution < 1.29 is 19.2 Å². The molecular weight excluding hydrogens is 342 g/mol. The minimum atomic E-state index is -0.529. The number of nitrogens with one attached hydrogen (secondary N) is 1. The van der Waals surface area contributed by atoms with Gasteiger partial charge in [0.05, 0.1) is 22.8 Å². The molecule has 10 heteroatoms. The van der Waals surface area contributed by atoms with Gasteiger partial charge < -0.3 is 19.3 Å². The summed E-state index contributed by atoms with van der Waals surface area (Å²) in [6.45, 7) is 4.56. The number of nitrogens with zero attached hydrogens (tertiary/aromatic N) is 4. The highest BCUT2D eigenvalue weighted by Crippen LogP contribution is 2.37. The van der Waals surface area contributed by atoms with Gasteiger partial charge in [-0.1, -0.05) is 0 Å². The fourth-order valence-corrected chi connectivity index (χ4v) is 2.77. The number of ether oxygens (including phenoxy) is 2. The Bertz CT molecular complexity index is 715. The summed E-state index contributed by atoms with van der Waals surface area (Å²) in [5.74, 6) is 0.507. The van der Waals surface area contributed by atoms with Crippen molar-refractivity contribution in [3.8, 4) is 11.5 Å². The largest absolute Gasteiger partial charge is 0.454 e. The van der Waals surface area contributed by atoms with Crippen LogP contribution in [0.4, 0.5) is 5.69 Å². The number of rotatable bonds is 6. The second-order valence-electron chi connectivity index (χ2n) is 6.21. The monoisotopic (exact) mass is 363 g/mol. The van der Waals surface area contributed by atoms with Crippen molar-refractivity contribution in [2.45, 2.75) is 6.42 Å². The molecule has 140 valence electrons. The number of carbonyl (C=O) groups is 1. The van der Waals surface area contributed by atoms with Gasteiger partial charge in [-0.3, -0.25) is 14.9 Å². The number of hydrogen-bond acceptors (Lipinski definition) is 8. The third kappa shape index (κ3) is 4.46. The van der Waals surface area contributed by atoms with Gasteiger partial charge in [-0.25, -0.2) is 5.43 Å². The molecule has 10 nitrogen and oxygen atoms in total. The number of benzene rings is 1. The third-order valence-corrected chi connectivity index (χ3v) is 4.36. The second kappa shape index (κ2) is 8.11. The van der Waals surface area contributed by atoms with Crippen molar-refractivity contribution >= 4 is 17.8 Å². The first kappa shape index (κ1) is 18.1. The summed E-state index contributed by atoms with van der Waals surface area (Å²) >= 11 is 0. The molecule has 1 fully saturated rings. The van der Waals surface area contributed by atoms with Crippen LogP contribution in [0.3, 0.4) is 0 Å². The summed E-state index contributed by atoms with van der Waals surface area (Å²) in [4.78, 5) is 27.0. The van der Waals surface area contributed by atoms with Crippen LogP contribution in [-0.2, 0) is 4.79 Å². The molecule has 2 aliphatic rings. The summed E-state index contributed by atoms with van der Waals surface area (Å²) in [7, 11) is 2.08. The highest BCUT2D eigenvalue weighted by molar-refractivity contribution is 5.88. The number of likely N-dealkylation sites (N-methyl/N-ethyl adjacent to an activating group) is 1. The molecule has 2 heterocycles. The number of hydrogen-bond donors (Lipinski definition) is 1. The molecule has 2 aliphatic heterocycles. The fraction of sp³-hybridized carbons (Fsp3) is 0.500. The van der Waals surface area contributed by atoms with Crippen LogP contribution in [0.5, 0.6) is 11.5 Å². The van der Waals surface area contributed by atoms with Crippen LogP contribution in [-0.4, -0.2) is 73.4 Å². The summed E-state index contributed by atoms with van der Waals surface area (Å²) in [6.07, 6.45) is 1.57. The molecule has 0 spiro atoms. The lowest BCUT2D eigenvalue weighted by Gasteiger charge is -2.32. The lowest BCUT2D eigenvalue weighted by Crippen LogP contribution is -2.45. The van der Waals surface area contributed by atoms with E-state index in [-0.39, 0.29) is 24.0 Å². The molecule has 0 atom stereocenters. The molecule has 1 aromatic carbocycles. The Morgan fingerprint density at radius 3 is 2.69 bits per heavy atom. The Morgan fingerprint density at radius 1 is 1.31 bits per heavy atom. The van der Waals surface area contributed by atoms with Gasteiger partial charge in [0.25, 0.3) is 5.69 Å². The van der Waals surface area contributed by atoms with Gasteiger partial charge in [0.2, 0.25) is 12.7 Å². The Labute approximate surface area is 150 Å². The van der Waals surface area contributed by atoms with Gasteiger partial charge in [0.1, 0.15) is 0 Å². The average molecular weight is 363 g/mol. The van der Waals surface area contributed by atoms with E-state index < -0.39 is 4.92 Å². The van der Waals surface area contributed by atoms with Crippen molar-refractivity contribution in [1.82, 2.24) is 15.2 Å². The predicted molar refractivity (Wildman–Crippen MR) is 93.5 cm³/mol. The molecule has 0 bridgehead atoms. The molecule has 1 saturated heterocycles. The van der Waals surface area contributed by atoms with E-state index in [9.17, 15) is 14.9 Å². The van der Waals surface area contributed by atoms with E-state index in [4.69, 9.17) is 9.47 Å². The Balaban J connectivity index is 1.53. The van der Waals surface area contributed by atoms with Gasteiger partial charge in [-0.2, -0.15) is 5.10 Å². The van der Waals surface area contributed by atoms with Gasteiger partial charge in [-0.05, 0) is 13.1 Å². The van der Waals surface area contributed by atoms with Crippen LogP contribution in [0, 0.1) is 10.1 Å². The minimum Gasteiger partial charge on any atom is -0.454 e. The highest BCUT2D eigenvalue weighted by atomic mass is 16.7. The minimum absolute atomic E-state index is 0.0239. The Morgan fingerprint density at radius 2 is 2.00 bits per heavy atom. The van der Waals surface area contributed by atoms with E-state index in [1.165, 1.54) is 18.3 Å². The van der Waals surface area contributed by atoms with Crippen LogP contribution < -0.4 is 14.9 Å². The van der Waals surface area contributed by atoms with Gasteiger partial charge >= 0.3 is 0 Å². The smallest absolute Gasteiger partial charge is 0.282 e. The van der Waals surface area contributed by atoms with Gasteiger partial charge in [0.15, 0.2) is 11.5 Å². The Kier molecular flexibility index (Phi) is 5.64. The first-order chi connectivity index (χ1) is 12.5. The molecule has 0 saturated carbocycles. The molecule has 1 amide bonds. The van der Waals surface area contributed by atoms with E-state index >= 15 is 0 Å². The summed E-state index contributed by atoms with van der Waals surface area (Å²) in [5, 5.41) is 15.0. The SMILES string of the molecule is CN1CCN(CCC(=O)N/N=C\c2cc3c(cc2[N+](=O)[O-])OCO3)CC1. The maximum Gasteiger partial charge on any atom is 0.282 e.